The van der Waals surface area contributed by atoms with Gasteiger partial charge in [0.1, 0.15) is 17.5 Å². The van der Waals surface area contributed by atoms with Gasteiger partial charge in [-0.1, -0.05) is 12.1 Å². The lowest BCUT2D eigenvalue weighted by Crippen LogP contribution is -1.99. The van der Waals surface area contributed by atoms with Crippen LogP contribution in [-0.2, 0) is 0 Å². The van der Waals surface area contributed by atoms with Gasteiger partial charge < -0.3 is 5.32 Å². The third-order valence-electron chi connectivity index (χ3n) is 2.98. The van der Waals surface area contributed by atoms with E-state index in [0.29, 0.717) is 28.1 Å². The molecule has 0 aliphatic carbocycles. The predicted octanol–water partition coefficient (Wildman–Crippen LogP) is 3.62. The predicted molar refractivity (Wildman–Crippen MR) is 74.4 cm³/mol. The monoisotopic (exact) mass is 271 g/mol. The van der Waals surface area contributed by atoms with Crippen molar-refractivity contribution in [1.29, 1.82) is 0 Å². The van der Waals surface area contributed by atoms with Gasteiger partial charge in [0.15, 0.2) is 5.82 Å². The van der Waals surface area contributed by atoms with Crippen LogP contribution in [-0.4, -0.2) is 17.0 Å². The molecule has 0 bridgehead atoms. The second-order valence-electron chi connectivity index (χ2n) is 4.32. The second-order valence-corrected chi connectivity index (χ2v) is 4.32. The summed E-state index contributed by atoms with van der Waals surface area (Å²) in [6.07, 6.45) is 0. The van der Waals surface area contributed by atoms with Gasteiger partial charge in [-0.3, -0.25) is 0 Å². The number of nitrogens with one attached hydrogen (secondary N) is 1. The summed E-state index contributed by atoms with van der Waals surface area (Å²) in [6.45, 7) is 0. The minimum atomic E-state index is -0.351. The molecule has 0 saturated carbocycles. The highest BCUT2D eigenvalue weighted by molar-refractivity contribution is 5.90. The topological polar surface area (TPSA) is 37.8 Å². The molecular formula is C15H11F2N3. The average Bonchev–Trinajstić information content (AvgIpc) is 2.46. The molecule has 0 radical (unpaired) electrons. The van der Waals surface area contributed by atoms with Crippen molar-refractivity contribution in [2.75, 3.05) is 12.4 Å². The van der Waals surface area contributed by atoms with Crippen molar-refractivity contribution in [3.8, 4) is 11.4 Å². The van der Waals surface area contributed by atoms with Crippen LogP contribution in [0, 0.1) is 11.6 Å². The third-order valence-corrected chi connectivity index (χ3v) is 2.98. The van der Waals surface area contributed by atoms with Crippen LogP contribution < -0.4 is 5.32 Å². The average molecular weight is 271 g/mol. The molecule has 5 heteroatoms. The van der Waals surface area contributed by atoms with Crippen molar-refractivity contribution in [2.45, 2.75) is 0 Å². The largest absolute Gasteiger partial charge is 0.373 e. The van der Waals surface area contributed by atoms with Gasteiger partial charge in [-0.05, 0) is 30.3 Å². The molecule has 1 heterocycles. The van der Waals surface area contributed by atoms with Crippen LogP contribution in [0.4, 0.5) is 14.6 Å². The fraction of sp³-hybridized carbons (Fsp3) is 0.0667. The molecule has 1 aromatic heterocycles. The standard InChI is InChI=1S/C15H11F2N3/c1-18-15-12-8-11(17)5-6-13(12)19-14(20-15)9-3-2-4-10(16)7-9/h2-8H,1H3,(H,18,19,20). The van der Waals surface area contributed by atoms with Crippen LogP contribution >= 0.6 is 0 Å². The number of anilines is 1. The van der Waals surface area contributed by atoms with Gasteiger partial charge in [0.05, 0.1) is 5.52 Å². The maximum atomic E-state index is 13.3. The normalized spacial score (nSPS) is 10.8. The zero-order valence-corrected chi connectivity index (χ0v) is 10.7. The van der Waals surface area contributed by atoms with Crippen LogP contribution in [0.25, 0.3) is 22.3 Å². The van der Waals surface area contributed by atoms with Gasteiger partial charge in [-0.25, -0.2) is 18.7 Å². The van der Waals surface area contributed by atoms with Crippen molar-refractivity contribution in [3.05, 3.63) is 54.1 Å². The first-order chi connectivity index (χ1) is 9.67. The molecule has 0 unspecified atom stereocenters. The molecule has 0 aliphatic rings. The van der Waals surface area contributed by atoms with Gasteiger partial charge in [-0.2, -0.15) is 0 Å². The van der Waals surface area contributed by atoms with Crippen LogP contribution in [0.2, 0.25) is 0 Å². The fourth-order valence-corrected chi connectivity index (χ4v) is 2.05. The highest BCUT2D eigenvalue weighted by Gasteiger charge is 2.09. The number of rotatable bonds is 2. The summed E-state index contributed by atoms with van der Waals surface area (Å²) < 4.78 is 26.6. The van der Waals surface area contributed by atoms with E-state index >= 15 is 0 Å². The van der Waals surface area contributed by atoms with E-state index in [2.05, 4.69) is 15.3 Å². The molecule has 20 heavy (non-hydrogen) atoms. The number of nitrogens with zero attached hydrogens (tertiary/aromatic N) is 2. The van der Waals surface area contributed by atoms with Gasteiger partial charge in [-0.15, -0.1) is 0 Å². The van der Waals surface area contributed by atoms with Gasteiger partial charge >= 0.3 is 0 Å². The summed E-state index contributed by atoms with van der Waals surface area (Å²) in [5.74, 6) is 0.203. The Balaban J connectivity index is 2.25. The van der Waals surface area contributed by atoms with Crippen molar-refractivity contribution in [3.63, 3.8) is 0 Å². The second kappa shape index (κ2) is 4.85. The molecule has 3 rings (SSSR count). The maximum absolute atomic E-state index is 13.3. The Kier molecular flexibility index (Phi) is 3.02. The molecule has 2 aromatic carbocycles. The van der Waals surface area contributed by atoms with E-state index in [1.54, 1.807) is 25.2 Å². The summed E-state index contributed by atoms with van der Waals surface area (Å²) >= 11 is 0. The molecule has 0 fully saturated rings. The van der Waals surface area contributed by atoms with E-state index in [9.17, 15) is 8.78 Å². The molecule has 100 valence electrons. The number of aromatic nitrogens is 2. The van der Waals surface area contributed by atoms with Gasteiger partial charge in [0.25, 0.3) is 0 Å². The first kappa shape index (κ1) is 12.5. The number of hydrogen-bond donors (Lipinski definition) is 1. The van der Waals surface area contributed by atoms with Gasteiger partial charge in [0, 0.05) is 18.0 Å². The zero-order chi connectivity index (χ0) is 14.1. The summed E-state index contributed by atoms with van der Waals surface area (Å²) in [7, 11) is 1.70. The molecule has 0 amide bonds. The lowest BCUT2D eigenvalue weighted by Gasteiger charge is -2.08. The number of hydrogen-bond acceptors (Lipinski definition) is 3. The Morgan fingerprint density at radius 1 is 0.950 bits per heavy atom. The Labute approximate surface area is 114 Å². The summed E-state index contributed by atoms with van der Waals surface area (Å²) in [5.41, 5.74) is 1.18. The SMILES string of the molecule is CNc1nc(-c2cccc(F)c2)nc2ccc(F)cc12. The molecule has 0 aliphatic heterocycles. The Morgan fingerprint density at radius 2 is 1.75 bits per heavy atom. The lowest BCUT2D eigenvalue weighted by molar-refractivity contribution is 0.628. The zero-order valence-electron chi connectivity index (χ0n) is 10.7. The third kappa shape index (κ3) is 2.18. The van der Waals surface area contributed by atoms with E-state index < -0.39 is 0 Å². The minimum absolute atomic E-state index is 0.351. The van der Waals surface area contributed by atoms with E-state index in [-0.39, 0.29) is 11.6 Å². The Morgan fingerprint density at radius 3 is 2.50 bits per heavy atom. The van der Waals surface area contributed by atoms with Gasteiger partial charge in [0.2, 0.25) is 0 Å². The molecule has 0 spiro atoms. The highest BCUT2D eigenvalue weighted by atomic mass is 19.1. The molecule has 1 N–H and O–H groups in total. The molecule has 3 nitrogen and oxygen atoms in total. The maximum Gasteiger partial charge on any atom is 0.162 e. The minimum Gasteiger partial charge on any atom is -0.373 e. The number of halogens is 2. The van der Waals surface area contributed by atoms with E-state index in [1.165, 1.54) is 24.3 Å². The quantitative estimate of drug-likeness (QED) is 0.773. The van der Waals surface area contributed by atoms with Crippen LogP contribution in [0.3, 0.4) is 0 Å². The summed E-state index contributed by atoms with van der Waals surface area (Å²) in [4.78, 5) is 8.67. The van der Waals surface area contributed by atoms with E-state index in [4.69, 9.17) is 0 Å². The molecule has 3 aromatic rings. The smallest absolute Gasteiger partial charge is 0.162 e. The van der Waals surface area contributed by atoms with E-state index in [1.807, 2.05) is 0 Å². The Bertz CT molecular complexity index is 787. The van der Waals surface area contributed by atoms with Crippen molar-refractivity contribution in [1.82, 2.24) is 9.97 Å². The van der Waals surface area contributed by atoms with E-state index in [0.717, 1.165) is 0 Å². The first-order valence-electron chi connectivity index (χ1n) is 6.08. The van der Waals surface area contributed by atoms with Crippen LogP contribution in [0.5, 0.6) is 0 Å². The molecular weight excluding hydrogens is 260 g/mol. The number of fused-ring (bicyclic) bond motifs is 1. The lowest BCUT2D eigenvalue weighted by atomic mass is 10.1. The van der Waals surface area contributed by atoms with Crippen LogP contribution in [0.1, 0.15) is 0 Å². The Hall–Kier alpha value is -2.56. The van der Waals surface area contributed by atoms with Crippen molar-refractivity contribution < 1.29 is 8.78 Å². The van der Waals surface area contributed by atoms with Crippen LogP contribution in [0.15, 0.2) is 42.5 Å². The number of benzene rings is 2. The highest BCUT2D eigenvalue weighted by Crippen LogP contribution is 2.25. The first-order valence-corrected chi connectivity index (χ1v) is 6.08. The van der Waals surface area contributed by atoms with Crippen molar-refractivity contribution >= 4 is 16.7 Å². The summed E-state index contributed by atoms with van der Waals surface area (Å²) in [6, 6.07) is 10.3. The molecule has 0 atom stereocenters. The fourth-order valence-electron chi connectivity index (χ4n) is 2.05. The van der Waals surface area contributed by atoms with Crippen molar-refractivity contribution in [2.24, 2.45) is 0 Å². The summed E-state index contributed by atoms with van der Waals surface area (Å²) in [5, 5.41) is 3.50. The molecule has 0 saturated heterocycles.